The van der Waals surface area contributed by atoms with E-state index in [1.54, 1.807) is 0 Å². The van der Waals surface area contributed by atoms with E-state index in [-0.39, 0.29) is 6.42 Å². The van der Waals surface area contributed by atoms with Crippen molar-refractivity contribution < 1.29 is 39.5 Å². The van der Waals surface area contributed by atoms with Crippen LogP contribution in [0.1, 0.15) is 96.8 Å². The maximum atomic E-state index is 13.6. The molecule has 0 nitrogen and oxygen atoms in total. The van der Waals surface area contributed by atoms with E-state index in [1.165, 1.54) is 61.1 Å². The van der Waals surface area contributed by atoms with Crippen molar-refractivity contribution in [2.24, 2.45) is 0 Å². The summed E-state index contributed by atoms with van der Waals surface area (Å²) in [6.45, 7) is 2.16. The van der Waals surface area contributed by atoms with Gasteiger partial charge in [0.1, 0.15) is 0 Å². The van der Waals surface area contributed by atoms with E-state index in [2.05, 4.69) is 6.92 Å². The van der Waals surface area contributed by atoms with Crippen molar-refractivity contribution in [3.8, 4) is 0 Å². The molecule has 0 aromatic heterocycles. The lowest BCUT2D eigenvalue weighted by molar-refractivity contribution is -0.396. The Morgan fingerprint density at radius 1 is 0.567 bits per heavy atom. The second kappa shape index (κ2) is 13.6. The molecule has 0 heterocycles. The molecule has 0 rings (SSSR count). The molecule has 0 aromatic rings. The van der Waals surface area contributed by atoms with Gasteiger partial charge in [0.25, 0.3) is 0 Å². The first-order valence-electron chi connectivity index (χ1n) is 10.5. The minimum atomic E-state index is -6.80. The number of hydrogen-bond donors (Lipinski definition) is 0. The molecule has 1 atom stereocenters. The van der Waals surface area contributed by atoms with Crippen LogP contribution in [0, 0.1) is 0 Å². The van der Waals surface area contributed by atoms with E-state index in [0.717, 1.165) is 25.7 Å². The van der Waals surface area contributed by atoms with Gasteiger partial charge in [0, 0.05) is 10.3 Å². The fourth-order valence-corrected chi connectivity index (χ4v) is 4.12. The van der Waals surface area contributed by atoms with Crippen LogP contribution in [0.5, 0.6) is 0 Å². The van der Waals surface area contributed by atoms with Gasteiger partial charge in [-0.05, 0) is 6.42 Å². The van der Waals surface area contributed by atoms with Gasteiger partial charge in [0.05, 0.1) is 0 Å². The normalized spacial score (nSPS) is 14.9. The van der Waals surface area contributed by atoms with Gasteiger partial charge in [0.2, 0.25) is 0 Å². The molecule has 0 aliphatic carbocycles. The smallest absolute Gasteiger partial charge is 0.200 e. The van der Waals surface area contributed by atoms with Crippen LogP contribution in [0.15, 0.2) is 0 Å². The maximum Gasteiger partial charge on any atom is 0.460 e. The van der Waals surface area contributed by atoms with E-state index in [0.29, 0.717) is 12.8 Å². The lowest BCUT2D eigenvalue weighted by Gasteiger charge is -2.34. The predicted molar refractivity (Wildman–Crippen MR) is 109 cm³/mol. The van der Waals surface area contributed by atoms with Crippen LogP contribution in [0.3, 0.4) is 0 Å². The van der Waals surface area contributed by atoms with Crippen molar-refractivity contribution in [3.05, 3.63) is 0 Å². The van der Waals surface area contributed by atoms with Gasteiger partial charge in [-0.25, -0.2) is 0 Å². The third-order valence-corrected chi connectivity index (χ3v) is 6.12. The van der Waals surface area contributed by atoms with Crippen molar-refractivity contribution in [1.29, 1.82) is 0 Å². The first kappa shape index (κ1) is 30.1. The van der Waals surface area contributed by atoms with Crippen molar-refractivity contribution in [3.63, 3.8) is 0 Å². The van der Waals surface area contributed by atoms with E-state index in [4.69, 9.17) is 0 Å². The zero-order chi connectivity index (χ0) is 23.5. The van der Waals surface area contributed by atoms with Crippen molar-refractivity contribution in [2.45, 2.75) is 125 Å². The van der Waals surface area contributed by atoms with Gasteiger partial charge in [0.15, 0.2) is 0 Å². The molecule has 0 spiro atoms. The van der Waals surface area contributed by atoms with Gasteiger partial charge in [-0.3, -0.25) is 0 Å². The zero-order valence-electron chi connectivity index (χ0n) is 17.3. The lowest BCUT2D eigenvalue weighted by atomic mass is 9.97. The van der Waals surface area contributed by atoms with Crippen LogP contribution in [0.2, 0.25) is 0 Å². The molecule has 30 heavy (non-hydrogen) atoms. The molecule has 0 fully saturated rings. The van der Waals surface area contributed by atoms with E-state index in [1.807, 2.05) is 0 Å². The summed E-state index contributed by atoms with van der Waals surface area (Å²) in [6.07, 6.45) is 4.01. The highest BCUT2D eigenvalue weighted by Gasteiger charge is 2.81. The summed E-state index contributed by atoms with van der Waals surface area (Å²) in [6, 6.07) is 0. The Bertz CT molecular complexity index is 450. The van der Waals surface area contributed by atoms with Crippen LogP contribution in [-0.4, -0.2) is 27.9 Å². The molecule has 182 valence electrons. The van der Waals surface area contributed by atoms with Crippen LogP contribution in [0.25, 0.3) is 0 Å². The lowest BCUT2D eigenvalue weighted by Crippen LogP contribution is -2.61. The van der Waals surface area contributed by atoms with Crippen LogP contribution in [-0.2, 0) is 0 Å². The fourth-order valence-electron chi connectivity index (χ4n) is 3.12. The van der Waals surface area contributed by atoms with Gasteiger partial charge in [-0.15, -0.1) is 0 Å². The second-order valence-electron chi connectivity index (χ2n) is 7.83. The molecule has 0 saturated heterocycles. The summed E-state index contributed by atoms with van der Waals surface area (Å²) in [5, 5.41) is 0. The molecule has 0 radical (unpaired) electrons. The zero-order valence-corrected chi connectivity index (χ0v) is 19.4. The average Bonchev–Trinajstić information content (AvgIpc) is 2.61. The van der Waals surface area contributed by atoms with Crippen molar-refractivity contribution >= 4 is 22.6 Å². The van der Waals surface area contributed by atoms with Crippen LogP contribution < -0.4 is 0 Å². The highest BCUT2D eigenvalue weighted by Crippen LogP contribution is 2.54. The number of rotatable bonds is 17. The molecule has 0 N–H and O–H groups in total. The third-order valence-electron chi connectivity index (χ3n) is 5.06. The molecular weight excluding hydrogens is 538 g/mol. The Balaban J connectivity index is 4.09. The monoisotopic (exact) mass is 570 g/mol. The maximum absolute atomic E-state index is 13.6. The molecule has 0 amide bonds. The quantitative estimate of drug-likeness (QED) is 0.0707. The summed E-state index contributed by atoms with van der Waals surface area (Å²) in [5.41, 5.74) is 0. The Kier molecular flexibility index (Phi) is 13.6. The van der Waals surface area contributed by atoms with Gasteiger partial charge in [-0.1, -0.05) is 107 Å². The highest BCUT2D eigenvalue weighted by molar-refractivity contribution is 14.1. The molecule has 0 aliphatic rings. The standard InChI is InChI=1S/C20H32F9I/c1-2-3-4-5-6-7-8-9-10-11-12-13-14-16(30)15-17(21,22)18(23,24)19(25,26)20(27,28)29/h16H,2-15H2,1H3. The minimum absolute atomic E-state index is 0.0568. The van der Waals surface area contributed by atoms with Gasteiger partial charge >= 0.3 is 23.9 Å². The van der Waals surface area contributed by atoms with E-state index in [9.17, 15) is 39.5 Å². The molecule has 0 bridgehead atoms. The summed E-state index contributed by atoms with van der Waals surface area (Å²) >= 11 is 1.41. The SMILES string of the molecule is CCCCCCCCCCCCCCC(I)CC(F)(F)C(F)(F)C(F)(F)C(F)(F)F. The minimum Gasteiger partial charge on any atom is -0.200 e. The van der Waals surface area contributed by atoms with Gasteiger partial charge in [-0.2, -0.15) is 39.5 Å². The summed E-state index contributed by atoms with van der Waals surface area (Å²) in [7, 11) is 0. The van der Waals surface area contributed by atoms with Crippen molar-refractivity contribution in [1.82, 2.24) is 0 Å². The molecular formula is C20H32F9I. The summed E-state index contributed by atoms with van der Waals surface area (Å²) < 4.78 is 115. The Morgan fingerprint density at radius 3 is 1.30 bits per heavy atom. The van der Waals surface area contributed by atoms with Crippen molar-refractivity contribution in [2.75, 3.05) is 0 Å². The Morgan fingerprint density at radius 2 is 0.933 bits per heavy atom. The third kappa shape index (κ3) is 9.71. The predicted octanol–water partition coefficient (Wildman–Crippen LogP) is 9.74. The Hall–Kier alpha value is 0.1000. The highest BCUT2D eigenvalue weighted by atomic mass is 127. The largest absolute Gasteiger partial charge is 0.460 e. The Labute approximate surface area is 186 Å². The van der Waals surface area contributed by atoms with Crippen LogP contribution in [0.4, 0.5) is 39.5 Å². The number of halogens is 10. The molecule has 0 aliphatic heterocycles. The molecule has 10 heteroatoms. The average molecular weight is 570 g/mol. The molecule has 0 saturated carbocycles. The number of alkyl halides is 10. The first-order valence-corrected chi connectivity index (χ1v) is 11.8. The number of hydrogen-bond acceptors (Lipinski definition) is 0. The summed E-state index contributed by atoms with van der Waals surface area (Å²) in [5.74, 6) is -18.8. The first-order chi connectivity index (χ1) is 13.7. The van der Waals surface area contributed by atoms with Crippen LogP contribution >= 0.6 is 22.6 Å². The summed E-state index contributed by atoms with van der Waals surface area (Å²) in [4.78, 5) is 0. The number of unbranched alkanes of at least 4 members (excludes halogenated alkanes) is 11. The topological polar surface area (TPSA) is 0 Å². The van der Waals surface area contributed by atoms with E-state index < -0.39 is 34.3 Å². The second-order valence-corrected chi connectivity index (χ2v) is 9.59. The molecule has 1 unspecified atom stereocenters. The van der Waals surface area contributed by atoms with Gasteiger partial charge < -0.3 is 0 Å². The van der Waals surface area contributed by atoms with E-state index >= 15 is 0 Å². The fraction of sp³-hybridized carbons (Fsp3) is 1.00. The molecule has 0 aromatic carbocycles.